The number of nitrogens with zero attached hydrogens (tertiary/aromatic N) is 2. The normalized spacial score (nSPS) is 17.2. The molecule has 0 aliphatic carbocycles. The Morgan fingerprint density at radius 2 is 1.71 bits per heavy atom. The van der Waals surface area contributed by atoms with Crippen molar-refractivity contribution in [2.24, 2.45) is 4.99 Å². The van der Waals surface area contributed by atoms with Crippen molar-refractivity contribution in [3.8, 4) is 0 Å². The summed E-state index contributed by atoms with van der Waals surface area (Å²) < 4.78 is 26.8. The number of sulfonamides is 1. The van der Waals surface area contributed by atoms with Gasteiger partial charge in [-0.15, -0.1) is 0 Å². The molecule has 0 fully saturated rings. The number of likely N-dealkylation sites (N-methyl/N-ethyl adjacent to an activating group) is 1. The van der Waals surface area contributed by atoms with Gasteiger partial charge >= 0.3 is 0 Å². The molecule has 1 heterocycles. The number of rotatable bonds is 5. The fourth-order valence-electron chi connectivity index (χ4n) is 3.16. The second-order valence-corrected chi connectivity index (χ2v) is 9.00. The molecule has 2 aromatic rings. The third-order valence-electron chi connectivity index (χ3n) is 4.79. The Bertz CT molecular complexity index is 1010. The van der Waals surface area contributed by atoms with Gasteiger partial charge in [0.2, 0.25) is 5.91 Å². The molecule has 3 rings (SSSR count). The highest BCUT2D eigenvalue weighted by atomic mass is 32.2. The summed E-state index contributed by atoms with van der Waals surface area (Å²) in [5.74, 6) is 0.498. The highest BCUT2D eigenvalue weighted by Crippen LogP contribution is 2.23. The van der Waals surface area contributed by atoms with Crippen molar-refractivity contribution in [2.45, 2.75) is 44.2 Å². The average Bonchev–Trinajstić information content (AvgIpc) is 2.92. The molecule has 0 unspecified atom stereocenters. The smallest absolute Gasteiger partial charge is 0.263 e. The maximum absolute atomic E-state index is 12.7. The van der Waals surface area contributed by atoms with Gasteiger partial charge < -0.3 is 4.90 Å². The Morgan fingerprint density at radius 3 is 2.36 bits per heavy atom. The Labute approximate surface area is 166 Å². The highest BCUT2D eigenvalue weighted by molar-refractivity contribution is 7.90. The van der Waals surface area contributed by atoms with Crippen molar-refractivity contribution >= 4 is 21.8 Å². The molecule has 2 aromatic carbocycles. The summed E-state index contributed by atoms with van der Waals surface area (Å²) in [4.78, 5) is 18.9. The molecule has 148 valence electrons. The van der Waals surface area contributed by atoms with Gasteiger partial charge in [-0.2, -0.15) is 0 Å². The van der Waals surface area contributed by atoms with Gasteiger partial charge in [0.15, 0.2) is 0 Å². The minimum Gasteiger partial charge on any atom is -0.340 e. The van der Waals surface area contributed by atoms with Crippen LogP contribution in [0.5, 0.6) is 0 Å². The lowest BCUT2D eigenvalue weighted by atomic mass is 10.0. The quantitative estimate of drug-likeness (QED) is 0.840. The molecule has 0 saturated carbocycles. The Balaban J connectivity index is 1.73. The summed E-state index contributed by atoms with van der Waals surface area (Å²) in [5, 5.41) is 0. The minimum absolute atomic E-state index is 0.177. The van der Waals surface area contributed by atoms with Gasteiger partial charge in [0.25, 0.3) is 10.0 Å². The SMILES string of the molecule is CC(C)c1ccc(CN(C)C(=O)[C@@H](C)N=C2NS(=O)(=O)c3ccccc32)cc1. The third kappa shape index (κ3) is 4.09. The summed E-state index contributed by atoms with van der Waals surface area (Å²) >= 11 is 0. The summed E-state index contributed by atoms with van der Waals surface area (Å²) in [6.45, 7) is 6.42. The van der Waals surface area contributed by atoms with E-state index < -0.39 is 16.1 Å². The zero-order valence-electron chi connectivity index (χ0n) is 16.5. The van der Waals surface area contributed by atoms with E-state index >= 15 is 0 Å². The van der Waals surface area contributed by atoms with Crippen molar-refractivity contribution in [3.63, 3.8) is 0 Å². The van der Waals surface area contributed by atoms with Crippen LogP contribution in [0, 0.1) is 0 Å². The number of amides is 1. The van der Waals surface area contributed by atoms with Gasteiger partial charge in [-0.1, -0.05) is 50.2 Å². The van der Waals surface area contributed by atoms with E-state index in [0.717, 1.165) is 5.56 Å². The number of aliphatic imine (C=N–C) groups is 1. The summed E-state index contributed by atoms with van der Waals surface area (Å²) in [6.07, 6.45) is 0. The van der Waals surface area contributed by atoms with Crippen molar-refractivity contribution in [1.29, 1.82) is 0 Å². The van der Waals surface area contributed by atoms with Gasteiger partial charge in [-0.3, -0.25) is 14.5 Å². The predicted octanol–water partition coefficient (Wildman–Crippen LogP) is 2.90. The van der Waals surface area contributed by atoms with Crippen LogP contribution >= 0.6 is 0 Å². The van der Waals surface area contributed by atoms with Crippen LogP contribution in [0.25, 0.3) is 0 Å². The van der Waals surface area contributed by atoms with Crippen molar-refractivity contribution in [2.75, 3.05) is 7.05 Å². The standard InChI is InChI=1S/C21H25N3O3S/c1-14(2)17-11-9-16(10-12-17)13-24(4)21(25)15(3)22-20-18-7-5-6-8-19(18)28(26,27)23-20/h5-12,14-15H,13H2,1-4H3,(H,22,23)/t15-/m1/s1. The van der Waals surface area contributed by atoms with Crippen LogP contribution in [0.3, 0.4) is 0 Å². The molecule has 1 amide bonds. The molecule has 6 nitrogen and oxygen atoms in total. The van der Waals surface area contributed by atoms with E-state index in [2.05, 4.69) is 35.7 Å². The first-order valence-corrected chi connectivity index (χ1v) is 10.7. The Kier molecular flexibility index (Phi) is 5.56. The largest absolute Gasteiger partial charge is 0.340 e. The lowest BCUT2D eigenvalue weighted by Crippen LogP contribution is -2.35. The van der Waals surface area contributed by atoms with Crippen LogP contribution in [0.1, 0.15) is 43.4 Å². The highest BCUT2D eigenvalue weighted by Gasteiger charge is 2.31. The zero-order chi connectivity index (χ0) is 20.5. The van der Waals surface area contributed by atoms with E-state index in [-0.39, 0.29) is 16.6 Å². The molecule has 0 bridgehead atoms. The van der Waals surface area contributed by atoms with Crippen molar-refractivity contribution in [1.82, 2.24) is 9.62 Å². The van der Waals surface area contributed by atoms with E-state index in [1.807, 2.05) is 12.1 Å². The average molecular weight is 400 g/mol. The van der Waals surface area contributed by atoms with Crippen LogP contribution in [0.2, 0.25) is 0 Å². The van der Waals surface area contributed by atoms with Crippen LogP contribution in [-0.4, -0.2) is 38.2 Å². The fraction of sp³-hybridized carbons (Fsp3) is 0.333. The number of hydrogen-bond donors (Lipinski definition) is 1. The number of carbonyl (C=O) groups excluding carboxylic acids is 1. The molecule has 1 atom stereocenters. The summed E-state index contributed by atoms with van der Waals surface area (Å²) in [5.41, 5.74) is 2.78. The van der Waals surface area contributed by atoms with Crippen molar-refractivity contribution in [3.05, 3.63) is 65.2 Å². The van der Waals surface area contributed by atoms with E-state index in [4.69, 9.17) is 0 Å². The maximum Gasteiger partial charge on any atom is 0.263 e. The Hall–Kier alpha value is -2.67. The van der Waals surface area contributed by atoms with Crippen LogP contribution < -0.4 is 4.72 Å². The summed E-state index contributed by atoms with van der Waals surface area (Å²) in [7, 11) is -1.89. The van der Waals surface area contributed by atoms with E-state index in [1.54, 1.807) is 37.1 Å². The molecule has 1 N–H and O–H groups in total. The molecule has 0 aromatic heterocycles. The first kappa shape index (κ1) is 20.1. The van der Waals surface area contributed by atoms with Crippen LogP contribution in [0.4, 0.5) is 0 Å². The maximum atomic E-state index is 12.7. The van der Waals surface area contributed by atoms with Crippen molar-refractivity contribution < 1.29 is 13.2 Å². The number of hydrogen-bond acceptors (Lipinski definition) is 4. The minimum atomic E-state index is -3.61. The monoisotopic (exact) mass is 399 g/mol. The van der Waals surface area contributed by atoms with Crippen LogP contribution in [0.15, 0.2) is 58.4 Å². The molecule has 0 saturated heterocycles. The number of benzene rings is 2. The van der Waals surface area contributed by atoms with Gasteiger partial charge in [-0.05, 0) is 36.1 Å². The molecule has 0 radical (unpaired) electrons. The Morgan fingerprint density at radius 1 is 1.07 bits per heavy atom. The first-order chi connectivity index (χ1) is 13.2. The number of amidine groups is 1. The predicted molar refractivity (Wildman–Crippen MR) is 110 cm³/mol. The van der Waals surface area contributed by atoms with E-state index in [0.29, 0.717) is 18.0 Å². The topological polar surface area (TPSA) is 78.8 Å². The molecular weight excluding hydrogens is 374 g/mol. The molecule has 7 heteroatoms. The van der Waals surface area contributed by atoms with Crippen LogP contribution in [-0.2, 0) is 21.4 Å². The molecule has 0 spiro atoms. The number of carbonyl (C=O) groups is 1. The van der Waals surface area contributed by atoms with Gasteiger partial charge in [-0.25, -0.2) is 8.42 Å². The van der Waals surface area contributed by atoms with Gasteiger partial charge in [0.05, 0.1) is 4.90 Å². The molecule has 1 aliphatic heterocycles. The zero-order valence-corrected chi connectivity index (χ0v) is 17.3. The fourth-order valence-corrected chi connectivity index (χ4v) is 4.40. The second-order valence-electron chi connectivity index (χ2n) is 7.35. The van der Waals surface area contributed by atoms with Gasteiger partial charge in [0.1, 0.15) is 11.9 Å². The van der Waals surface area contributed by atoms with E-state index in [1.165, 1.54) is 11.6 Å². The molecule has 1 aliphatic rings. The molecule has 28 heavy (non-hydrogen) atoms. The van der Waals surface area contributed by atoms with Gasteiger partial charge in [0, 0.05) is 19.2 Å². The number of nitrogens with one attached hydrogen (secondary N) is 1. The lowest BCUT2D eigenvalue weighted by molar-refractivity contribution is -0.131. The number of fused-ring (bicyclic) bond motifs is 1. The second kappa shape index (κ2) is 7.75. The van der Waals surface area contributed by atoms with E-state index in [9.17, 15) is 13.2 Å². The third-order valence-corrected chi connectivity index (χ3v) is 6.18. The summed E-state index contributed by atoms with van der Waals surface area (Å²) in [6, 6.07) is 14.1. The lowest BCUT2D eigenvalue weighted by Gasteiger charge is -2.20. The molecular formula is C21H25N3O3S. The first-order valence-electron chi connectivity index (χ1n) is 9.23.